The molecule has 2 N–H and O–H groups in total. The third kappa shape index (κ3) is 4.70. The molecule has 1 aliphatic heterocycles. The number of hydrogen-bond acceptors (Lipinski definition) is 7. The fourth-order valence-corrected chi connectivity index (χ4v) is 5.42. The van der Waals surface area contributed by atoms with Crippen LogP contribution in [0.4, 0.5) is 11.4 Å². The fraction of sp³-hybridized carbons (Fsp3) is 0.219. The maximum absolute atomic E-state index is 14.0. The molecular formula is C32H30N6O4. The number of aryl methyl sites for hydroxylation is 1. The summed E-state index contributed by atoms with van der Waals surface area (Å²) in [4.78, 5) is 28.9. The molecule has 5 aromatic rings. The van der Waals surface area contributed by atoms with Gasteiger partial charge in [-0.2, -0.15) is 9.78 Å². The van der Waals surface area contributed by atoms with Crippen LogP contribution in [0.25, 0.3) is 16.5 Å². The van der Waals surface area contributed by atoms with E-state index >= 15 is 0 Å². The number of benzene rings is 3. The fourth-order valence-electron chi connectivity index (χ4n) is 5.42. The topological polar surface area (TPSA) is 126 Å². The molecule has 0 fully saturated rings. The Hall–Kier alpha value is -4.93. The molecule has 0 unspecified atom stereocenters. The maximum Gasteiger partial charge on any atom is 0.279 e. The largest absolute Gasteiger partial charge is 0.396 e. The third-order valence-corrected chi connectivity index (χ3v) is 7.68. The minimum absolute atomic E-state index is 0.0114. The zero-order chi connectivity index (χ0) is 29.3. The molecule has 6 rings (SSSR count). The molecule has 3 heterocycles. The molecule has 0 saturated heterocycles. The minimum atomic E-state index is -1.89. The summed E-state index contributed by atoms with van der Waals surface area (Å²) in [6, 6.07) is 21.6. The van der Waals surface area contributed by atoms with Gasteiger partial charge in [-0.1, -0.05) is 60.7 Å². The summed E-state index contributed by atoms with van der Waals surface area (Å²) >= 11 is 0. The molecular weight excluding hydrogens is 532 g/mol. The number of aliphatic hydroxyl groups excluding tert-OH is 1. The quantitative estimate of drug-likeness (QED) is 0.263. The summed E-state index contributed by atoms with van der Waals surface area (Å²) in [6.45, 7) is 2.37. The minimum Gasteiger partial charge on any atom is -0.396 e. The van der Waals surface area contributed by atoms with E-state index in [0.717, 1.165) is 5.39 Å². The van der Waals surface area contributed by atoms with Crippen molar-refractivity contribution in [2.45, 2.75) is 31.9 Å². The Balaban J connectivity index is 1.36. The highest BCUT2D eigenvalue weighted by Gasteiger charge is 2.53. The molecule has 10 nitrogen and oxygen atoms in total. The lowest BCUT2D eigenvalue weighted by Crippen LogP contribution is -2.42. The van der Waals surface area contributed by atoms with E-state index in [0.29, 0.717) is 53.1 Å². The lowest BCUT2D eigenvalue weighted by atomic mass is 9.82. The van der Waals surface area contributed by atoms with Crippen molar-refractivity contribution < 1.29 is 15.0 Å². The first kappa shape index (κ1) is 27.3. The van der Waals surface area contributed by atoms with Crippen molar-refractivity contribution in [2.75, 3.05) is 11.5 Å². The van der Waals surface area contributed by atoms with E-state index in [-0.39, 0.29) is 12.2 Å². The van der Waals surface area contributed by atoms with Gasteiger partial charge in [0.15, 0.2) is 5.60 Å². The van der Waals surface area contributed by atoms with Crippen molar-refractivity contribution >= 4 is 28.1 Å². The van der Waals surface area contributed by atoms with Gasteiger partial charge in [-0.05, 0) is 42.8 Å². The summed E-state index contributed by atoms with van der Waals surface area (Å²) < 4.78 is 2.99. The predicted octanol–water partition coefficient (Wildman–Crippen LogP) is 3.66. The average molecular weight is 563 g/mol. The maximum atomic E-state index is 14.0. The van der Waals surface area contributed by atoms with Crippen molar-refractivity contribution in [1.82, 2.24) is 24.8 Å². The Labute approximate surface area is 241 Å². The van der Waals surface area contributed by atoms with E-state index in [1.807, 2.05) is 54.6 Å². The number of aromatic nitrogens is 5. The highest BCUT2D eigenvalue weighted by atomic mass is 16.3. The summed E-state index contributed by atoms with van der Waals surface area (Å²) in [5.41, 5.74) is 0.572. The van der Waals surface area contributed by atoms with Gasteiger partial charge in [-0.3, -0.25) is 19.2 Å². The number of para-hydroxylation sites is 1. The molecule has 0 spiro atoms. The molecule has 0 radical (unpaired) electrons. The number of carbonyl (C=O) groups is 1. The van der Waals surface area contributed by atoms with E-state index in [2.05, 4.69) is 15.4 Å². The number of hydrogen-bond donors (Lipinski definition) is 2. The van der Waals surface area contributed by atoms with Gasteiger partial charge in [-0.25, -0.2) is 0 Å². The van der Waals surface area contributed by atoms with Gasteiger partial charge in [0.1, 0.15) is 0 Å². The average Bonchev–Trinajstić information content (AvgIpc) is 3.56. The van der Waals surface area contributed by atoms with Crippen LogP contribution in [0.1, 0.15) is 24.6 Å². The molecule has 212 valence electrons. The van der Waals surface area contributed by atoms with Gasteiger partial charge < -0.3 is 10.2 Å². The molecule has 2 atom stereocenters. The molecule has 0 saturated carbocycles. The van der Waals surface area contributed by atoms with Crippen LogP contribution in [0.2, 0.25) is 0 Å². The number of fused-ring (bicyclic) bond motifs is 2. The molecule has 0 aliphatic carbocycles. The number of amides is 1. The third-order valence-electron chi connectivity index (χ3n) is 7.68. The second kappa shape index (κ2) is 11.2. The van der Waals surface area contributed by atoms with Crippen molar-refractivity contribution in [3.8, 4) is 5.69 Å². The van der Waals surface area contributed by atoms with Crippen LogP contribution in [0.3, 0.4) is 0 Å². The number of carbonyl (C=O) groups excluding carboxylic acids is 1. The highest BCUT2D eigenvalue weighted by Crippen LogP contribution is 2.48. The van der Waals surface area contributed by atoms with Crippen molar-refractivity contribution in [2.24, 2.45) is 5.92 Å². The summed E-state index contributed by atoms with van der Waals surface area (Å²) in [5.74, 6) is -1.07. The van der Waals surface area contributed by atoms with E-state index in [4.69, 9.17) is 5.11 Å². The second-order valence-electron chi connectivity index (χ2n) is 10.3. The molecule has 1 amide bonds. The first-order valence-corrected chi connectivity index (χ1v) is 13.8. The molecule has 3 aromatic carbocycles. The number of nitrogens with zero attached hydrogens (tertiary/aromatic N) is 6. The number of aliphatic hydroxyl groups is 2. The van der Waals surface area contributed by atoms with E-state index in [1.54, 1.807) is 54.3 Å². The first-order chi connectivity index (χ1) is 20.4. The second-order valence-corrected chi connectivity index (χ2v) is 10.3. The Kier molecular flexibility index (Phi) is 7.24. The summed E-state index contributed by atoms with van der Waals surface area (Å²) in [7, 11) is 0. The lowest BCUT2D eigenvalue weighted by molar-refractivity contribution is -0.138. The Morgan fingerprint density at radius 2 is 1.79 bits per heavy atom. The van der Waals surface area contributed by atoms with Crippen LogP contribution >= 0.6 is 0 Å². The summed E-state index contributed by atoms with van der Waals surface area (Å²) in [5, 5.41) is 35.0. The highest BCUT2D eigenvalue weighted by molar-refractivity contribution is 6.12. The van der Waals surface area contributed by atoms with E-state index in [9.17, 15) is 14.7 Å². The van der Waals surface area contributed by atoms with Crippen LogP contribution in [0.15, 0.2) is 102 Å². The van der Waals surface area contributed by atoms with Crippen molar-refractivity contribution in [3.63, 3.8) is 0 Å². The Bertz CT molecular complexity index is 1850. The molecule has 1 aliphatic rings. The van der Waals surface area contributed by atoms with Gasteiger partial charge in [-0.15, -0.1) is 5.10 Å². The molecule has 0 bridgehead atoms. The van der Waals surface area contributed by atoms with E-state index in [1.165, 1.54) is 9.58 Å². The lowest BCUT2D eigenvalue weighted by Gasteiger charge is -2.27. The van der Waals surface area contributed by atoms with Crippen molar-refractivity contribution in [3.05, 3.63) is 119 Å². The van der Waals surface area contributed by atoms with Crippen LogP contribution in [-0.2, 0) is 23.4 Å². The normalized spacial score (nSPS) is 17.3. The number of rotatable bonds is 9. The molecule has 2 aromatic heterocycles. The predicted molar refractivity (Wildman–Crippen MR) is 159 cm³/mol. The SMILES string of the molecule is C[C@H](/C=C/CCn1cc(CCO)nn1)[C@@]1(O)C(=O)N(c2ccccc2)c2ccc(-n3ncc4ccccc4c3=O)cc21. The zero-order valence-electron chi connectivity index (χ0n) is 23.0. The zero-order valence-corrected chi connectivity index (χ0v) is 23.0. The smallest absolute Gasteiger partial charge is 0.279 e. The van der Waals surface area contributed by atoms with Gasteiger partial charge in [0.2, 0.25) is 0 Å². The van der Waals surface area contributed by atoms with Gasteiger partial charge >= 0.3 is 0 Å². The molecule has 42 heavy (non-hydrogen) atoms. The number of allylic oxidation sites excluding steroid dienone is 1. The first-order valence-electron chi connectivity index (χ1n) is 13.8. The van der Waals surface area contributed by atoms with E-state index < -0.39 is 17.4 Å². The number of anilines is 2. The Morgan fingerprint density at radius 1 is 1.00 bits per heavy atom. The Morgan fingerprint density at radius 3 is 2.60 bits per heavy atom. The standard InChI is InChI=1S/C32H30N6O4/c1-22(9-7-8-17-36-21-24(16-18-39)34-35-36)32(42)28-19-26(38-30(40)27-13-6-5-10-23(27)20-33-38)14-15-29(28)37(31(32)41)25-11-3-2-4-12-25/h2-7,9-15,19-22,39,42H,8,16-18H2,1H3/b9-7+/t22-,32+/m1/s1. The summed E-state index contributed by atoms with van der Waals surface area (Å²) in [6.07, 6.45) is 8.21. The monoisotopic (exact) mass is 562 g/mol. The van der Waals surface area contributed by atoms with Gasteiger partial charge in [0.05, 0.1) is 28.7 Å². The van der Waals surface area contributed by atoms with Crippen LogP contribution in [0, 0.1) is 5.92 Å². The van der Waals surface area contributed by atoms with Crippen LogP contribution < -0.4 is 10.5 Å². The van der Waals surface area contributed by atoms with Crippen LogP contribution in [-0.4, -0.2) is 47.5 Å². The molecule has 10 heteroatoms. The van der Waals surface area contributed by atoms with Crippen molar-refractivity contribution in [1.29, 1.82) is 0 Å². The van der Waals surface area contributed by atoms with Gasteiger partial charge in [0.25, 0.3) is 11.5 Å². The van der Waals surface area contributed by atoms with Crippen LogP contribution in [0.5, 0.6) is 0 Å². The van der Waals surface area contributed by atoms with Gasteiger partial charge in [0, 0.05) is 48.3 Å².